The van der Waals surface area contributed by atoms with Crippen LogP contribution in [0.5, 0.6) is 0 Å². The average Bonchev–Trinajstić information content (AvgIpc) is 3.29. The Morgan fingerprint density at radius 1 is 0.902 bits per heavy atom. The lowest BCUT2D eigenvalue weighted by Gasteiger charge is -2.31. The van der Waals surface area contributed by atoms with Gasteiger partial charge in [-0.05, 0) is 41.3 Å². The van der Waals surface area contributed by atoms with Gasteiger partial charge in [0, 0.05) is 44.1 Å². The molecule has 5 N–H and O–H groups in total. The predicted octanol–water partition coefficient (Wildman–Crippen LogP) is 3.56. The van der Waals surface area contributed by atoms with Crippen molar-refractivity contribution in [2.75, 3.05) is 19.6 Å². The molecule has 8 nitrogen and oxygen atoms in total. The maximum Gasteiger partial charge on any atom is 0.254 e. The number of hydrogen-bond acceptors (Lipinski definition) is 5. The smallest absolute Gasteiger partial charge is 0.254 e. The molecule has 1 aliphatic rings. The first-order valence-corrected chi connectivity index (χ1v) is 14.7. The van der Waals surface area contributed by atoms with Gasteiger partial charge in [0.1, 0.15) is 6.04 Å². The van der Waals surface area contributed by atoms with Gasteiger partial charge in [-0.1, -0.05) is 86.3 Å². The molecule has 1 unspecified atom stereocenters. The Bertz CT molecular complexity index is 1290. The Hall–Kier alpha value is -3.75. The second-order valence-corrected chi connectivity index (χ2v) is 10.9. The molecule has 218 valence electrons. The first kappa shape index (κ1) is 30.2. The predicted molar refractivity (Wildman–Crippen MR) is 161 cm³/mol. The fourth-order valence-electron chi connectivity index (χ4n) is 5.49. The first-order valence-electron chi connectivity index (χ1n) is 14.7. The molecule has 2 atom stereocenters. The Morgan fingerprint density at radius 2 is 1.59 bits per heavy atom. The van der Waals surface area contributed by atoms with Crippen LogP contribution >= 0.6 is 0 Å². The summed E-state index contributed by atoms with van der Waals surface area (Å²) in [4.78, 5) is 41.8. The highest BCUT2D eigenvalue weighted by Gasteiger charge is 2.27. The van der Waals surface area contributed by atoms with Gasteiger partial charge in [0.15, 0.2) is 0 Å². The minimum absolute atomic E-state index is 0.000456. The number of nitrogens with two attached hydrogens (primary N) is 1. The average molecular weight is 559 g/mol. The normalized spacial score (nSPS) is 15.5. The summed E-state index contributed by atoms with van der Waals surface area (Å²) < 4.78 is 0. The van der Waals surface area contributed by atoms with Crippen LogP contribution in [0.3, 0.4) is 0 Å². The molecule has 0 aromatic heterocycles. The summed E-state index contributed by atoms with van der Waals surface area (Å²) in [5.41, 5.74) is 7.01. The van der Waals surface area contributed by atoms with Crippen LogP contribution in [-0.4, -0.2) is 65.5 Å². The van der Waals surface area contributed by atoms with Gasteiger partial charge in [-0.15, -0.1) is 0 Å². The summed E-state index contributed by atoms with van der Waals surface area (Å²) in [6.45, 7) is 0.301. The number of benzene rings is 3. The molecule has 0 radical (unpaired) electrons. The van der Waals surface area contributed by atoms with E-state index < -0.39 is 12.1 Å². The fraction of sp³-hybridized carbons (Fsp3) is 0.424. The lowest BCUT2D eigenvalue weighted by atomic mass is 10.0. The number of amides is 3. The number of aliphatic hydroxyl groups excluding tert-OH is 1. The summed E-state index contributed by atoms with van der Waals surface area (Å²) >= 11 is 0. The van der Waals surface area contributed by atoms with E-state index in [1.54, 1.807) is 0 Å². The van der Waals surface area contributed by atoms with Crippen LogP contribution in [0.2, 0.25) is 0 Å². The van der Waals surface area contributed by atoms with Crippen molar-refractivity contribution in [3.8, 4) is 0 Å². The number of fused-ring (bicyclic) bond motifs is 1. The van der Waals surface area contributed by atoms with Gasteiger partial charge in [0.05, 0.1) is 6.10 Å². The van der Waals surface area contributed by atoms with E-state index in [2.05, 4.69) is 10.6 Å². The fourth-order valence-corrected chi connectivity index (χ4v) is 5.49. The second kappa shape index (κ2) is 15.3. The molecule has 1 aliphatic carbocycles. The van der Waals surface area contributed by atoms with E-state index in [0.29, 0.717) is 5.56 Å². The van der Waals surface area contributed by atoms with Crippen molar-refractivity contribution < 1.29 is 19.5 Å². The van der Waals surface area contributed by atoms with Gasteiger partial charge < -0.3 is 26.4 Å². The van der Waals surface area contributed by atoms with E-state index in [1.165, 1.54) is 0 Å². The molecule has 0 saturated heterocycles. The van der Waals surface area contributed by atoms with Crippen LogP contribution in [0.25, 0.3) is 10.8 Å². The zero-order valence-electron chi connectivity index (χ0n) is 23.6. The number of nitrogens with one attached hydrogen (secondary N) is 2. The lowest BCUT2D eigenvalue weighted by Crippen LogP contribution is -2.50. The minimum atomic E-state index is -0.867. The maximum absolute atomic E-state index is 13.5. The molecule has 0 heterocycles. The molecular formula is C33H42N4O4. The molecular weight excluding hydrogens is 516 g/mol. The maximum atomic E-state index is 13.5. The monoisotopic (exact) mass is 558 g/mol. The van der Waals surface area contributed by atoms with Crippen molar-refractivity contribution in [3.05, 3.63) is 83.9 Å². The van der Waals surface area contributed by atoms with Crippen molar-refractivity contribution in [1.82, 2.24) is 15.5 Å². The molecule has 3 aromatic carbocycles. The minimum Gasteiger partial charge on any atom is -0.390 e. The SMILES string of the molecule is NCC(O)CNC(=O)[C@@H](Cc1ccc2ccccc2c1)NC(=O)CCN(C(=O)c1ccccc1)C1CCCCCC1. The second-order valence-electron chi connectivity index (χ2n) is 10.9. The van der Waals surface area contributed by atoms with Crippen molar-refractivity contribution in [2.45, 2.75) is 69.6 Å². The summed E-state index contributed by atoms with van der Waals surface area (Å²) in [5, 5.41) is 17.6. The highest BCUT2D eigenvalue weighted by molar-refractivity contribution is 5.95. The number of aliphatic hydroxyl groups is 1. The third-order valence-electron chi connectivity index (χ3n) is 7.82. The molecule has 41 heavy (non-hydrogen) atoms. The molecule has 1 saturated carbocycles. The summed E-state index contributed by atoms with van der Waals surface area (Å²) in [6.07, 6.45) is 5.82. The van der Waals surface area contributed by atoms with Crippen molar-refractivity contribution in [2.24, 2.45) is 5.73 Å². The van der Waals surface area contributed by atoms with Gasteiger partial charge in [0.2, 0.25) is 11.8 Å². The van der Waals surface area contributed by atoms with E-state index >= 15 is 0 Å². The molecule has 4 rings (SSSR count). The van der Waals surface area contributed by atoms with Gasteiger partial charge >= 0.3 is 0 Å². The Balaban J connectivity index is 1.46. The highest BCUT2D eigenvalue weighted by atomic mass is 16.3. The molecule has 1 fully saturated rings. The van der Waals surface area contributed by atoms with Crippen LogP contribution in [0.4, 0.5) is 0 Å². The number of hydrogen-bond donors (Lipinski definition) is 4. The largest absolute Gasteiger partial charge is 0.390 e. The Labute approximate surface area is 242 Å². The van der Waals surface area contributed by atoms with Crippen molar-refractivity contribution >= 4 is 28.5 Å². The van der Waals surface area contributed by atoms with Crippen LogP contribution in [0, 0.1) is 0 Å². The number of rotatable bonds is 12. The van der Waals surface area contributed by atoms with E-state index in [0.717, 1.165) is 54.9 Å². The third kappa shape index (κ3) is 8.87. The van der Waals surface area contributed by atoms with Gasteiger partial charge in [-0.3, -0.25) is 14.4 Å². The number of carbonyl (C=O) groups is 3. The highest BCUT2D eigenvalue weighted by Crippen LogP contribution is 2.24. The van der Waals surface area contributed by atoms with E-state index in [9.17, 15) is 19.5 Å². The van der Waals surface area contributed by atoms with Crippen LogP contribution in [-0.2, 0) is 16.0 Å². The summed E-state index contributed by atoms with van der Waals surface area (Å²) in [7, 11) is 0. The van der Waals surface area contributed by atoms with E-state index in [4.69, 9.17) is 5.73 Å². The summed E-state index contributed by atoms with van der Waals surface area (Å²) in [5.74, 6) is -0.753. The number of carbonyl (C=O) groups excluding carboxylic acids is 3. The van der Waals surface area contributed by atoms with Gasteiger partial charge in [0.25, 0.3) is 5.91 Å². The first-order chi connectivity index (χ1) is 19.9. The third-order valence-corrected chi connectivity index (χ3v) is 7.82. The van der Waals surface area contributed by atoms with Gasteiger partial charge in [-0.2, -0.15) is 0 Å². The molecule has 0 spiro atoms. The van der Waals surface area contributed by atoms with Crippen molar-refractivity contribution in [3.63, 3.8) is 0 Å². The van der Waals surface area contributed by atoms with E-state index in [1.807, 2.05) is 77.7 Å². The Morgan fingerprint density at radius 3 is 2.29 bits per heavy atom. The standard InChI is InChI=1S/C33H42N4O4/c34-22-29(38)23-35-32(40)30(21-24-16-17-25-10-8-9-13-27(25)20-24)36-31(39)18-19-37(28-14-6-1-2-7-15-28)33(41)26-11-4-3-5-12-26/h3-5,8-13,16-17,20,28-30,38H,1-2,6-7,14-15,18-19,21-23,34H2,(H,35,40)(H,36,39)/t29?,30-/m1/s1. The van der Waals surface area contributed by atoms with Crippen LogP contribution in [0.15, 0.2) is 72.8 Å². The topological polar surface area (TPSA) is 125 Å². The molecule has 8 heteroatoms. The molecule has 0 aliphatic heterocycles. The summed E-state index contributed by atoms with van der Waals surface area (Å²) in [6, 6.07) is 22.4. The number of nitrogens with zero attached hydrogens (tertiary/aromatic N) is 1. The quantitative estimate of drug-likeness (QED) is 0.253. The van der Waals surface area contributed by atoms with Crippen LogP contribution in [0.1, 0.15) is 60.9 Å². The molecule has 3 amide bonds. The lowest BCUT2D eigenvalue weighted by molar-refractivity contribution is -0.129. The van der Waals surface area contributed by atoms with Gasteiger partial charge in [-0.25, -0.2) is 0 Å². The molecule has 0 bridgehead atoms. The molecule has 3 aromatic rings. The zero-order valence-corrected chi connectivity index (χ0v) is 23.6. The Kier molecular flexibility index (Phi) is 11.3. The van der Waals surface area contributed by atoms with Crippen molar-refractivity contribution in [1.29, 1.82) is 0 Å². The van der Waals surface area contributed by atoms with E-state index in [-0.39, 0.29) is 56.2 Å². The zero-order chi connectivity index (χ0) is 29.0. The van der Waals surface area contributed by atoms with Crippen LogP contribution < -0.4 is 16.4 Å².